The Kier molecular flexibility index (Phi) is 5.54. The second kappa shape index (κ2) is 8.03. The number of piperazine rings is 1. The Bertz CT molecular complexity index is 833. The number of hydrogen-bond acceptors (Lipinski definition) is 5. The summed E-state index contributed by atoms with van der Waals surface area (Å²) >= 11 is 0. The first-order valence-corrected chi connectivity index (χ1v) is 8.81. The molecule has 0 spiro atoms. The smallest absolute Gasteiger partial charge is 0.293 e. The van der Waals surface area contributed by atoms with Gasteiger partial charge in [0.15, 0.2) is 0 Å². The average Bonchev–Trinajstić information content (AvgIpc) is 2.68. The molecule has 142 valence electrons. The first kappa shape index (κ1) is 18.6. The molecule has 1 heterocycles. The fourth-order valence-corrected chi connectivity index (χ4v) is 3.16. The van der Waals surface area contributed by atoms with E-state index < -0.39 is 4.92 Å². The number of hydrogen-bond donors (Lipinski definition) is 1. The van der Waals surface area contributed by atoms with E-state index in [1.807, 2.05) is 6.92 Å². The fourth-order valence-electron chi connectivity index (χ4n) is 3.16. The molecule has 0 unspecified atom stereocenters. The number of halogens is 1. The van der Waals surface area contributed by atoms with Crippen LogP contribution >= 0.6 is 0 Å². The summed E-state index contributed by atoms with van der Waals surface area (Å²) in [7, 11) is 0. The summed E-state index contributed by atoms with van der Waals surface area (Å²) < 4.78 is 13.1. The minimum atomic E-state index is -0.485. The number of nitro benzene ring substituents is 1. The summed E-state index contributed by atoms with van der Waals surface area (Å²) in [6, 6.07) is 10.8. The molecule has 7 nitrogen and oxygen atoms in total. The summed E-state index contributed by atoms with van der Waals surface area (Å²) in [5, 5.41) is 14.2. The molecular formula is C19H21FN4O3. The van der Waals surface area contributed by atoms with Crippen LogP contribution in [0.5, 0.6) is 0 Å². The third-order valence-corrected chi connectivity index (χ3v) is 4.57. The Morgan fingerprint density at radius 1 is 1.15 bits per heavy atom. The molecule has 27 heavy (non-hydrogen) atoms. The Hall–Kier alpha value is -3.16. The van der Waals surface area contributed by atoms with Gasteiger partial charge in [0.2, 0.25) is 0 Å². The topological polar surface area (TPSA) is 78.7 Å². The van der Waals surface area contributed by atoms with Crippen LogP contribution in [0.2, 0.25) is 0 Å². The van der Waals surface area contributed by atoms with Gasteiger partial charge in [0.25, 0.3) is 11.6 Å². The Balaban J connectivity index is 1.69. The highest BCUT2D eigenvalue weighted by Crippen LogP contribution is 2.26. The van der Waals surface area contributed by atoms with E-state index in [1.165, 1.54) is 18.2 Å². The number of rotatable bonds is 5. The standard InChI is InChI=1S/C19H21FN4O3/c1-2-21-17-8-3-14(13-18(17)24(26)27)19(25)23-11-9-22(10-12-23)16-6-4-15(20)5-7-16/h3-8,13,21H,2,9-12H2,1H3. The maximum atomic E-state index is 13.1. The third-order valence-electron chi connectivity index (χ3n) is 4.57. The largest absolute Gasteiger partial charge is 0.380 e. The van der Waals surface area contributed by atoms with E-state index in [1.54, 1.807) is 29.2 Å². The van der Waals surface area contributed by atoms with Crippen molar-refractivity contribution in [2.24, 2.45) is 0 Å². The normalized spacial score (nSPS) is 14.1. The van der Waals surface area contributed by atoms with Crippen LogP contribution in [0, 0.1) is 15.9 Å². The number of amides is 1. The van der Waals surface area contributed by atoms with Gasteiger partial charge < -0.3 is 15.1 Å². The van der Waals surface area contributed by atoms with Crippen molar-refractivity contribution in [3.05, 3.63) is 64.0 Å². The predicted octanol–water partition coefficient (Wildman–Crippen LogP) is 3.13. The second-order valence-corrected chi connectivity index (χ2v) is 6.28. The average molecular weight is 372 g/mol. The lowest BCUT2D eigenvalue weighted by Crippen LogP contribution is -2.48. The number of nitrogens with one attached hydrogen (secondary N) is 1. The zero-order chi connectivity index (χ0) is 19.4. The van der Waals surface area contributed by atoms with Crippen LogP contribution < -0.4 is 10.2 Å². The summed E-state index contributed by atoms with van der Waals surface area (Å²) in [4.78, 5) is 27.3. The lowest BCUT2D eigenvalue weighted by atomic mass is 10.1. The van der Waals surface area contributed by atoms with Gasteiger partial charge >= 0.3 is 0 Å². The zero-order valence-electron chi connectivity index (χ0n) is 15.0. The molecule has 1 aliphatic heterocycles. The van der Waals surface area contributed by atoms with Gasteiger partial charge in [-0.25, -0.2) is 4.39 Å². The van der Waals surface area contributed by atoms with Gasteiger partial charge in [0, 0.05) is 50.0 Å². The van der Waals surface area contributed by atoms with Gasteiger partial charge in [-0.3, -0.25) is 14.9 Å². The number of nitro groups is 1. The minimum absolute atomic E-state index is 0.104. The summed E-state index contributed by atoms with van der Waals surface area (Å²) in [6.07, 6.45) is 0. The van der Waals surface area contributed by atoms with E-state index in [4.69, 9.17) is 0 Å². The molecule has 0 radical (unpaired) electrons. The SMILES string of the molecule is CCNc1ccc(C(=O)N2CCN(c3ccc(F)cc3)CC2)cc1[N+](=O)[O-]. The first-order valence-electron chi connectivity index (χ1n) is 8.81. The molecule has 1 aliphatic rings. The molecule has 0 bridgehead atoms. The van der Waals surface area contributed by atoms with Gasteiger partial charge in [-0.15, -0.1) is 0 Å². The molecule has 1 N–H and O–H groups in total. The summed E-state index contributed by atoms with van der Waals surface area (Å²) in [6.45, 7) is 4.64. The van der Waals surface area contributed by atoms with Crippen molar-refractivity contribution in [1.29, 1.82) is 0 Å². The summed E-state index contributed by atoms with van der Waals surface area (Å²) in [5.74, 6) is -0.505. The van der Waals surface area contributed by atoms with Crippen LogP contribution in [-0.2, 0) is 0 Å². The molecule has 3 rings (SSSR count). The van der Waals surface area contributed by atoms with Gasteiger partial charge in [-0.05, 0) is 43.3 Å². The van der Waals surface area contributed by atoms with E-state index in [0.29, 0.717) is 44.0 Å². The van der Waals surface area contributed by atoms with Crippen molar-refractivity contribution in [2.45, 2.75) is 6.92 Å². The monoisotopic (exact) mass is 372 g/mol. The van der Waals surface area contributed by atoms with Gasteiger partial charge in [0.05, 0.1) is 4.92 Å². The van der Waals surface area contributed by atoms with Crippen LogP contribution in [0.3, 0.4) is 0 Å². The van der Waals surface area contributed by atoms with Crippen molar-refractivity contribution in [2.75, 3.05) is 42.9 Å². The molecule has 0 aliphatic carbocycles. The lowest BCUT2D eigenvalue weighted by molar-refractivity contribution is -0.384. The van der Waals surface area contributed by atoms with Crippen LogP contribution in [0.1, 0.15) is 17.3 Å². The van der Waals surface area contributed by atoms with Gasteiger partial charge in [-0.1, -0.05) is 0 Å². The molecule has 1 saturated heterocycles. The fraction of sp³-hybridized carbons (Fsp3) is 0.316. The van der Waals surface area contributed by atoms with Crippen LogP contribution in [0.4, 0.5) is 21.5 Å². The summed E-state index contributed by atoms with van der Waals surface area (Å²) in [5.41, 5.74) is 1.51. The van der Waals surface area contributed by atoms with Crippen molar-refractivity contribution in [1.82, 2.24) is 4.90 Å². The zero-order valence-corrected chi connectivity index (χ0v) is 15.0. The molecule has 2 aromatic carbocycles. The highest BCUT2D eigenvalue weighted by molar-refractivity contribution is 5.96. The number of benzene rings is 2. The van der Waals surface area contributed by atoms with Crippen LogP contribution in [0.25, 0.3) is 0 Å². The minimum Gasteiger partial charge on any atom is -0.380 e. The predicted molar refractivity (Wildman–Crippen MR) is 102 cm³/mol. The molecule has 0 aromatic heterocycles. The van der Waals surface area contributed by atoms with Crippen molar-refractivity contribution >= 4 is 23.0 Å². The van der Waals surface area contributed by atoms with Crippen LogP contribution in [-0.4, -0.2) is 48.5 Å². The number of nitrogens with zero attached hydrogens (tertiary/aromatic N) is 3. The van der Waals surface area contributed by atoms with E-state index in [0.717, 1.165) is 5.69 Å². The highest BCUT2D eigenvalue weighted by Gasteiger charge is 2.24. The molecule has 1 fully saturated rings. The quantitative estimate of drug-likeness (QED) is 0.644. The molecule has 1 amide bonds. The molecule has 0 saturated carbocycles. The highest BCUT2D eigenvalue weighted by atomic mass is 19.1. The van der Waals surface area contributed by atoms with Gasteiger partial charge in [0.1, 0.15) is 11.5 Å². The van der Waals surface area contributed by atoms with Gasteiger partial charge in [-0.2, -0.15) is 0 Å². The maximum absolute atomic E-state index is 13.1. The third kappa shape index (κ3) is 4.16. The van der Waals surface area contributed by atoms with Crippen LogP contribution in [0.15, 0.2) is 42.5 Å². The van der Waals surface area contributed by atoms with E-state index in [-0.39, 0.29) is 17.4 Å². The Morgan fingerprint density at radius 3 is 2.41 bits per heavy atom. The second-order valence-electron chi connectivity index (χ2n) is 6.28. The molecule has 0 atom stereocenters. The van der Waals surface area contributed by atoms with E-state index in [9.17, 15) is 19.3 Å². The Morgan fingerprint density at radius 2 is 1.81 bits per heavy atom. The number of carbonyl (C=O) groups excluding carboxylic acids is 1. The van der Waals surface area contributed by atoms with Crippen molar-refractivity contribution in [3.63, 3.8) is 0 Å². The lowest BCUT2D eigenvalue weighted by Gasteiger charge is -2.36. The Labute approximate surface area is 156 Å². The maximum Gasteiger partial charge on any atom is 0.293 e. The molecule has 8 heteroatoms. The number of anilines is 2. The molecular weight excluding hydrogens is 351 g/mol. The van der Waals surface area contributed by atoms with E-state index >= 15 is 0 Å². The van der Waals surface area contributed by atoms with Crippen molar-refractivity contribution < 1.29 is 14.1 Å². The molecule has 2 aromatic rings. The number of carbonyl (C=O) groups is 1. The van der Waals surface area contributed by atoms with E-state index in [2.05, 4.69) is 10.2 Å². The first-order chi connectivity index (χ1) is 13.0. The van der Waals surface area contributed by atoms with Crippen molar-refractivity contribution in [3.8, 4) is 0 Å².